The van der Waals surface area contributed by atoms with E-state index in [1.807, 2.05) is 31.2 Å². The zero-order valence-electron chi connectivity index (χ0n) is 15.0. The first kappa shape index (κ1) is 19.9. The molecular weight excluding hydrogens is 344 g/mol. The fraction of sp³-hybridized carbons (Fsp3) is 0.556. The number of thioether (sulfide) groups is 1. The van der Waals surface area contributed by atoms with Crippen LogP contribution in [0, 0.1) is 6.92 Å². The number of rotatable bonds is 5. The number of Topliss-reactive ketones (excluding diaryl/α,β-unsaturated/α-hetero) is 1. The minimum atomic E-state index is -1.95. The van der Waals surface area contributed by atoms with Crippen LogP contribution >= 0.6 is 11.8 Å². The van der Waals surface area contributed by atoms with Gasteiger partial charge in [-0.3, -0.25) is 9.59 Å². The Kier molecular flexibility index (Phi) is 6.26. The molecule has 5 atom stereocenters. The van der Waals surface area contributed by atoms with E-state index >= 15 is 0 Å². The predicted molar refractivity (Wildman–Crippen MR) is 93.4 cm³/mol. The van der Waals surface area contributed by atoms with Gasteiger partial charge in [0.05, 0.1) is 6.10 Å². The van der Waals surface area contributed by atoms with Gasteiger partial charge in [-0.1, -0.05) is 29.5 Å². The van der Waals surface area contributed by atoms with Crippen molar-refractivity contribution < 1.29 is 28.9 Å². The van der Waals surface area contributed by atoms with Crippen LogP contribution < -0.4 is 0 Å². The van der Waals surface area contributed by atoms with Crippen LogP contribution in [0.15, 0.2) is 29.2 Å². The van der Waals surface area contributed by atoms with Gasteiger partial charge in [-0.2, -0.15) is 0 Å². The lowest BCUT2D eigenvalue weighted by molar-refractivity contribution is -0.248. The molecule has 1 aliphatic heterocycles. The number of hydrogen-bond acceptors (Lipinski definition) is 7. The van der Waals surface area contributed by atoms with Crippen LogP contribution in [0.25, 0.3) is 0 Å². The normalized spacial score (nSPS) is 32.2. The monoisotopic (exact) mass is 368 g/mol. The summed E-state index contributed by atoms with van der Waals surface area (Å²) in [5, 5.41) is 11.2. The van der Waals surface area contributed by atoms with Crippen molar-refractivity contribution in [1.82, 2.24) is 0 Å². The summed E-state index contributed by atoms with van der Waals surface area (Å²) in [5.41, 5.74) is -1.73. The highest BCUT2D eigenvalue weighted by atomic mass is 32.2. The van der Waals surface area contributed by atoms with Crippen LogP contribution in [0.1, 0.15) is 26.3 Å². The summed E-state index contributed by atoms with van der Waals surface area (Å²) in [6.45, 7) is 6.24. The Labute approximate surface area is 151 Å². The van der Waals surface area contributed by atoms with Gasteiger partial charge >= 0.3 is 5.97 Å². The highest BCUT2D eigenvalue weighted by Crippen LogP contribution is 2.42. The van der Waals surface area contributed by atoms with Gasteiger partial charge in [-0.25, -0.2) is 0 Å². The zero-order chi connectivity index (χ0) is 18.8. The lowest BCUT2D eigenvalue weighted by Crippen LogP contribution is -2.68. The maximum absolute atomic E-state index is 12.3. The van der Waals surface area contributed by atoms with E-state index in [2.05, 4.69) is 0 Å². The predicted octanol–water partition coefficient (Wildman–Crippen LogP) is 2.10. The molecule has 0 bridgehead atoms. The van der Waals surface area contributed by atoms with Crippen molar-refractivity contribution in [3.05, 3.63) is 29.8 Å². The fourth-order valence-electron chi connectivity index (χ4n) is 2.89. The molecule has 2 rings (SSSR count). The largest absolute Gasteiger partial charge is 0.457 e. The molecule has 1 N–H and O–H groups in total. The van der Waals surface area contributed by atoms with Crippen LogP contribution in [0.5, 0.6) is 0 Å². The van der Waals surface area contributed by atoms with E-state index in [0.717, 1.165) is 10.5 Å². The molecule has 1 heterocycles. The van der Waals surface area contributed by atoms with Crippen molar-refractivity contribution in [2.24, 2.45) is 0 Å². The molecule has 6 nitrogen and oxygen atoms in total. The molecule has 0 aromatic heterocycles. The Morgan fingerprint density at radius 2 is 1.84 bits per heavy atom. The van der Waals surface area contributed by atoms with Crippen molar-refractivity contribution in [2.45, 2.75) is 61.9 Å². The molecule has 1 saturated heterocycles. The smallest absolute Gasteiger partial charge is 0.303 e. The summed E-state index contributed by atoms with van der Waals surface area (Å²) in [6.07, 6.45) is -2.46. The number of esters is 1. The van der Waals surface area contributed by atoms with E-state index in [9.17, 15) is 14.7 Å². The summed E-state index contributed by atoms with van der Waals surface area (Å²) < 4.78 is 16.5. The standard InChI is InChI=1S/C18H24O6S/c1-10-6-8-14(9-7-10)25-17-18(21,12(3)19)16(22-5)15(11(2)23-17)24-13(4)20/h6-9,11,15-17,21H,1-5H3/t11-,15+,16+,17-,18+/m0/s1. The molecule has 0 aliphatic carbocycles. The average molecular weight is 368 g/mol. The van der Waals surface area contributed by atoms with Crippen molar-refractivity contribution >= 4 is 23.5 Å². The first-order chi connectivity index (χ1) is 11.7. The maximum atomic E-state index is 12.3. The highest BCUT2D eigenvalue weighted by molar-refractivity contribution is 7.99. The van der Waals surface area contributed by atoms with Crippen LogP contribution in [-0.4, -0.2) is 53.3 Å². The van der Waals surface area contributed by atoms with E-state index in [1.165, 1.54) is 32.7 Å². The van der Waals surface area contributed by atoms with Gasteiger partial charge in [-0.15, -0.1) is 0 Å². The first-order valence-electron chi connectivity index (χ1n) is 8.02. The van der Waals surface area contributed by atoms with Gasteiger partial charge in [0.1, 0.15) is 11.5 Å². The highest BCUT2D eigenvalue weighted by Gasteiger charge is 2.59. The summed E-state index contributed by atoms with van der Waals surface area (Å²) in [4.78, 5) is 24.6. The van der Waals surface area contributed by atoms with E-state index in [4.69, 9.17) is 14.2 Å². The lowest BCUT2D eigenvalue weighted by atomic mass is 9.84. The van der Waals surface area contributed by atoms with E-state index in [-0.39, 0.29) is 0 Å². The van der Waals surface area contributed by atoms with E-state index < -0.39 is 41.1 Å². The minimum absolute atomic E-state index is 0.506. The van der Waals surface area contributed by atoms with Gasteiger partial charge in [0.15, 0.2) is 17.5 Å². The topological polar surface area (TPSA) is 82.1 Å². The second-order valence-electron chi connectivity index (χ2n) is 6.22. The fourth-order valence-corrected chi connectivity index (χ4v) is 4.15. The first-order valence-corrected chi connectivity index (χ1v) is 8.90. The second-order valence-corrected chi connectivity index (χ2v) is 7.35. The molecule has 1 fully saturated rings. The molecule has 1 aliphatic rings. The molecule has 0 unspecified atom stereocenters. The Balaban J connectivity index is 2.37. The Bertz CT molecular complexity index is 631. The van der Waals surface area contributed by atoms with Gasteiger partial charge < -0.3 is 19.3 Å². The van der Waals surface area contributed by atoms with Crippen molar-refractivity contribution in [3.63, 3.8) is 0 Å². The van der Waals surface area contributed by atoms with Gasteiger partial charge in [0, 0.05) is 18.9 Å². The number of methoxy groups -OCH3 is 1. The van der Waals surface area contributed by atoms with Crippen LogP contribution in [0.4, 0.5) is 0 Å². The number of hydrogen-bond donors (Lipinski definition) is 1. The van der Waals surface area contributed by atoms with Gasteiger partial charge in [-0.05, 0) is 32.9 Å². The Hall–Kier alpha value is -1.41. The summed E-state index contributed by atoms with van der Waals surface area (Å²) in [6, 6.07) is 7.68. The van der Waals surface area contributed by atoms with Crippen molar-refractivity contribution in [3.8, 4) is 0 Å². The third-order valence-corrected chi connectivity index (χ3v) is 5.51. The minimum Gasteiger partial charge on any atom is -0.457 e. The number of aliphatic hydroxyl groups is 1. The SMILES string of the molecule is CO[C@@H]1[C@H](OC(C)=O)[C@H](C)O[C@@H](Sc2ccc(C)cc2)[C@@]1(O)C(C)=O. The maximum Gasteiger partial charge on any atom is 0.303 e. The molecular formula is C18H24O6S. The molecule has 25 heavy (non-hydrogen) atoms. The molecule has 1 aromatic carbocycles. The average Bonchev–Trinajstić information content (AvgIpc) is 2.54. The molecule has 138 valence electrons. The number of ether oxygens (including phenoxy) is 3. The van der Waals surface area contributed by atoms with E-state index in [1.54, 1.807) is 6.92 Å². The second kappa shape index (κ2) is 7.86. The lowest BCUT2D eigenvalue weighted by Gasteiger charge is -2.48. The zero-order valence-corrected chi connectivity index (χ0v) is 15.8. The third kappa shape index (κ3) is 4.06. The number of carbonyl (C=O) groups excluding carboxylic acids is 2. The quantitative estimate of drug-likeness (QED) is 0.797. The number of aryl methyl sites for hydroxylation is 1. The molecule has 0 spiro atoms. The van der Waals surface area contributed by atoms with Crippen LogP contribution in [0.2, 0.25) is 0 Å². The molecule has 0 amide bonds. The van der Waals surface area contributed by atoms with Crippen LogP contribution in [0.3, 0.4) is 0 Å². The summed E-state index contributed by atoms with van der Waals surface area (Å²) in [5.74, 6) is -1.04. The molecule has 0 radical (unpaired) electrons. The number of carbonyl (C=O) groups is 2. The van der Waals surface area contributed by atoms with Crippen LogP contribution in [-0.2, 0) is 23.8 Å². The van der Waals surface area contributed by atoms with Gasteiger partial charge in [0.2, 0.25) is 0 Å². The molecule has 1 aromatic rings. The molecule has 0 saturated carbocycles. The summed E-state index contributed by atoms with van der Waals surface area (Å²) >= 11 is 1.24. The Morgan fingerprint density at radius 3 is 2.32 bits per heavy atom. The third-order valence-electron chi connectivity index (χ3n) is 4.28. The van der Waals surface area contributed by atoms with Crippen molar-refractivity contribution in [1.29, 1.82) is 0 Å². The number of ketones is 1. The van der Waals surface area contributed by atoms with Gasteiger partial charge in [0.25, 0.3) is 0 Å². The molecule has 7 heteroatoms. The van der Waals surface area contributed by atoms with Crippen molar-refractivity contribution in [2.75, 3.05) is 7.11 Å². The van der Waals surface area contributed by atoms with E-state index in [0.29, 0.717) is 0 Å². The number of benzene rings is 1. The Morgan fingerprint density at radius 1 is 1.24 bits per heavy atom. The summed E-state index contributed by atoms with van der Waals surface area (Å²) in [7, 11) is 1.38.